The van der Waals surface area contributed by atoms with Gasteiger partial charge in [-0.25, -0.2) is 0 Å². The van der Waals surface area contributed by atoms with E-state index < -0.39 is 11.9 Å². The number of ether oxygens (including phenoxy) is 3. The average Bonchev–Trinajstić information content (AvgIpc) is 3.02. The van der Waals surface area contributed by atoms with Gasteiger partial charge in [0, 0.05) is 6.07 Å². The van der Waals surface area contributed by atoms with E-state index in [1.165, 1.54) is 18.4 Å². The normalized spacial score (nSPS) is 11.5. The third-order valence-electron chi connectivity index (χ3n) is 3.98. The molecule has 146 valence electrons. The monoisotopic (exact) mass is 400 g/mol. The summed E-state index contributed by atoms with van der Waals surface area (Å²) in [6.07, 6.45) is 0. The van der Waals surface area contributed by atoms with Crippen LogP contribution < -0.4 is 14.3 Å². The molecule has 1 aromatic heterocycles. The van der Waals surface area contributed by atoms with E-state index in [0.29, 0.717) is 16.3 Å². The second-order valence-corrected chi connectivity index (χ2v) is 7.00. The van der Waals surface area contributed by atoms with Crippen LogP contribution in [-0.2, 0) is 20.9 Å². The first-order chi connectivity index (χ1) is 13.5. The predicted octanol–water partition coefficient (Wildman–Crippen LogP) is 2.70. The number of benzene rings is 2. The second-order valence-electron chi connectivity index (χ2n) is 5.99. The molecule has 1 heterocycles. The number of nitrogens with zero attached hydrogens (tertiary/aromatic N) is 2. The van der Waals surface area contributed by atoms with E-state index >= 15 is 0 Å². The van der Waals surface area contributed by atoms with Gasteiger partial charge in [0.1, 0.15) is 18.0 Å². The van der Waals surface area contributed by atoms with Gasteiger partial charge < -0.3 is 18.8 Å². The molecule has 0 bridgehead atoms. The Kier molecular flexibility index (Phi) is 6.10. The summed E-state index contributed by atoms with van der Waals surface area (Å²) in [6, 6.07) is 12.8. The van der Waals surface area contributed by atoms with Crippen LogP contribution in [-0.4, -0.2) is 37.3 Å². The van der Waals surface area contributed by atoms with Crippen LogP contribution in [0.5, 0.6) is 11.5 Å². The van der Waals surface area contributed by atoms with Crippen LogP contribution in [0.3, 0.4) is 0 Å². The zero-order chi connectivity index (χ0) is 20.1. The molecular formula is C20H20N2O5S. The fourth-order valence-electron chi connectivity index (χ4n) is 2.59. The lowest BCUT2D eigenvalue weighted by atomic mass is 10.2. The highest BCUT2D eigenvalue weighted by atomic mass is 32.1. The van der Waals surface area contributed by atoms with Gasteiger partial charge in [-0.15, -0.1) is 0 Å². The highest BCUT2D eigenvalue weighted by molar-refractivity contribution is 7.16. The molecule has 0 aliphatic rings. The standard InChI is InChI=1S/C20H20N2O5S/c1-13-7-8-16-17(9-13)28-20(22(16)11-19(24)26-3)21-18(23)12-27-15-6-4-5-14(10-15)25-2/h4-10H,11-12H2,1-3H3. The number of hydrogen-bond acceptors (Lipinski definition) is 6. The number of fused-ring (bicyclic) bond motifs is 1. The third kappa shape index (κ3) is 4.58. The van der Waals surface area contributed by atoms with Crippen LogP contribution in [0.2, 0.25) is 0 Å². The lowest BCUT2D eigenvalue weighted by Gasteiger charge is -2.06. The largest absolute Gasteiger partial charge is 0.497 e. The average molecular weight is 400 g/mol. The van der Waals surface area contributed by atoms with Crippen molar-refractivity contribution in [1.82, 2.24) is 4.57 Å². The first-order valence-electron chi connectivity index (χ1n) is 8.51. The Bertz CT molecular complexity index is 1080. The van der Waals surface area contributed by atoms with Crippen LogP contribution in [0.25, 0.3) is 10.2 Å². The zero-order valence-electron chi connectivity index (χ0n) is 15.8. The molecule has 8 heteroatoms. The highest BCUT2D eigenvalue weighted by Crippen LogP contribution is 2.20. The SMILES string of the molecule is COC(=O)Cn1c(=NC(=O)COc2cccc(OC)c2)sc2cc(C)ccc21. The van der Waals surface area contributed by atoms with Gasteiger partial charge in [-0.1, -0.05) is 23.5 Å². The molecule has 0 spiro atoms. The Morgan fingerprint density at radius 2 is 1.89 bits per heavy atom. The van der Waals surface area contributed by atoms with E-state index in [-0.39, 0.29) is 13.2 Å². The van der Waals surface area contributed by atoms with E-state index in [2.05, 4.69) is 4.99 Å². The number of carbonyl (C=O) groups excluding carboxylic acids is 2. The number of aryl methyl sites for hydroxylation is 1. The maximum Gasteiger partial charge on any atom is 0.325 e. The number of amides is 1. The molecule has 0 saturated carbocycles. The van der Waals surface area contributed by atoms with Gasteiger partial charge in [0.2, 0.25) is 0 Å². The van der Waals surface area contributed by atoms with Gasteiger partial charge in [0.15, 0.2) is 11.4 Å². The zero-order valence-corrected chi connectivity index (χ0v) is 16.6. The maximum absolute atomic E-state index is 12.3. The Morgan fingerprint density at radius 1 is 1.11 bits per heavy atom. The Balaban J connectivity index is 1.87. The van der Waals surface area contributed by atoms with E-state index in [0.717, 1.165) is 15.8 Å². The van der Waals surface area contributed by atoms with Crippen molar-refractivity contribution in [3.8, 4) is 11.5 Å². The smallest absolute Gasteiger partial charge is 0.325 e. The molecule has 0 unspecified atom stereocenters. The molecule has 0 radical (unpaired) electrons. The van der Waals surface area contributed by atoms with Crippen LogP contribution >= 0.6 is 11.3 Å². The number of esters is 1. The molecule has 0 N–H and O–H groups in total. The molecule has 2 aromatic carbocycles. The van der Waals surface area contributed by atoms with Gasteiger partial charge in [-0.05, 0) is 36.8 Å². The van der Waals surface area contributed by atoms with Crippen molar-refractivity contribution < 1.29 is 23.8 Å². The summed E-state index contributed by atoms with van der Waals surface area (Å²) < 4.78 is 18.0. The van der Waals surface area contributed by atoms with Crippen LogP contribution in [0.4, 0.5) is 0 Å². The molecule has 0 aliphatic heterocycles. The molecule has 3 aromatic rings. The summed E-state index contributed by atoms with van der Waals surface area (Å²) in [5.74, 6) is 0.279. The Morgan fingerprint density at radius 3 is 2.64 bits per heavy atom. The predicted molar refractivity (Wildman–Crippen MR) is 106 cm³/mol. The minimum atomic E-state index is -0.454. The topological polar surface area (TPSA) is 79.1 Å². The molecular weight excluding hydrogens is 380 g/mol. The first kappa shape index (κ1) is 19.6. The summed E-state index contributed by atoms with van der Waals surface area (Å²) in [5.41, 5.74) is 1.90. The number of methoxy groups -OCH3 is 2. The molecule has 1 amide bonds. The molecule has 0 saturated heterocycles. The molecule has 3 rings (SSSR count). The number of rotatable bonds is 6. The van der Waals surface area contributed by atoms with Crippen molar-refractivity contribution in [3.05, 3.63) is 52.8 Å². The fourth-order valence-corrected chi connectivity index (χ4v) is 3.73. The highest BCUT2D eigenvalue weighted by Gasteiger charge is 2.12. The summed E-state index contributed by atoms with van der Waals surface area (Å²) in [4.78, 5) is 28.7. The van der Waals surface area contributed by atoms with Crippen LogP contribution in [0, 0.1) is 6.92 Å². The quantitative estimate of drug-likeness (QED) is 0.595. The fraction of sp³-hybridized carbons (Fsp3) is 0.250. The van der Waals surface area contributed by atoms with Crippen molar-refractivity contribution in [2.45, 2.75) is 13.5 Å². The lowest BCUT2D eigenvalue weighted by Crippen LogP contribution is -2.23. The van der Waals surface area contributed by atoms with Gasteiger partial charge in [0.05, 0.1) is 24.4 Å². The minimum absolute atomic E-state index is 0.0254. The van der Waals surface area contributed by atoms with E-state index in [9.17, 15) is 9.59 Å². The van der Waals surface area contributed by atoms with Crippen molar-refractivity contribution in [1.29, 1.82) is 0 Å². The number of aromatic nitrogens is 1. The van der Waals surface area contributed by atoms with Crippen molar-refractivity contribution in [3.63, 3.8) is 0 Å². The maximum atomic E-state index is 12.3. The van der Waals surface area contributed by atoms with Crippen molar-refractivity contribution in [2.75, 3.05) is 20.8 Å². The molecule has 28 heavy (non-hydrogen) atoms. The van der Waals surface area contributed by atoms with E-state index in [4.69, 9.17) is 14.2 Å². The molecule has 0 fully saturated rings. The summed E-state index contributed by atoms with van der Waals surface area (Å²) in [7, 11) is 2.88. The van der Waals surface area contributed by atoms with Gasteiger partial charge >= 0.3 is 5.97 Å². The van der Waals surface area contributed by atoms with Crippen molar-refractivity contribution in [2.24, 2.45) is 4.99 Å². The van der Waals surface area contributed by atoms with Gasteiger partial charge in [0.25, 0.3) is 5.91 Å². The van der Waals surface area contributed by atoms with Crippen LogP contribution in [0.15, 0.2) is 47.5 Å². The number of thiazole rings is 1. The lowest BCUT2D eigenvalue weighted by molar-refractivity contribution is -0.141. The summed E-state index contributed by atoms with van der Waals surface area (Å²) in [6.45, 7) is 1.73. The number of hydrogen-bond donors (Lipinski definition) is 0. The van der Waals surface area contributed by atoms with E-state index in [1.54, 1.807) is 35.9 Å². The molecule has 0 atom stereocenters. The van der Waals surface area contributed by atoms with Gasteiger partial charge in [-0.2, -0.15) is 4.99 Å². The van der Waals surface area contributed by atoms with Crippen LogP contribution in [0.1, 0.15) is 5.56 Å². The first-order valence-corrected chi connectivity index (χ1v) is 9.33. The van der Waals surface area contributed by atoms with Crippen molar-refractivity contribution >= 4 is 33.4 Å². The second kappa shape index (κ2) is 8.71. The Labute approximate surface area is 165 Å². The summed E-state index contributed by atoms with van der Waals surface area (Å²) >= 11 is 1.34. The summed E-state index contributed by atoms with van der Waals surface area (Å²) in [5, 5.41) is 0. The molecule has 7 nitrogen and oxygen atoms in total. The third-order valence-corrected chi connectivity index (χ3v) is 5.02. The van der Waals surface area contributed by atoms with Gasteiger partial charge in [-0.3, -0.25) is 9.59 Å². The molecule has 0 aliphatic carbocycles. The Hall–Kier alpha value is -3.13. The number of carbonyl (C=O) groups is 2. The van der Waals surface area contributed by atoms with E-state index in [1.807, 2.05) is 25.1 Å². The minimum Gasteiger partial charge on any atom is -0.497 e.